The van der Waals surface area contributed by atoms with Gasteiger partial charge in [-0.3, -0.25) is 14.9 Å². The van der Waals surface area contributed by atoms with Gasteiger partial charge in [0.25, 0.3) is 11.6 Å². The Bertz CT molecular complexity index is 752. The van der Waals surface area contributed by atoms with E-state index >= 15 is 0 Å². The minimum absolute atomic E-state index is 0.118. The lowest BCUT2D eigenvalue weighted by atomic mass is 10.2. The van der Waals surface area contributed by atoms with E-state index in [1.54, 1.807) is 12.1 Å². The number of rotatable bonds is 5. The number of ether oxygens (including phenoxy) is 1. The summed E-state index contributed by atoms with van der Waals surface area (Å²) in [6.45, 7) is 1.52. The summed E-state index contributed by atoms with van der Waals surface area (Å²) in [5.74, 6) is -0.236. The first-order chi connectivity index (χ1) is 10.9. The molecule has 23 heavy (non-hydrogen) atoms. The standard InChI is InChI=1S/C15H12Cl2N2O4/c1-9(23-12-4-2-3-11(8-12)19(21)22)15(20)18-14-7-10(16)5-6-13(14)17/h2-9H,1H3,(H,18,20)/t9-/m1/s1. The number of hydrogen-bond donors (Lipinski definition) is 1. The van der Waals surface area contributed by atoms with Gasteiger partial charge >= 0.3 is 0 Å². The predicted octanol–water partition coefficient (Wildman–Crippen LogP) is 4.31. The third-order valence-corrected chi connectivity index (χ3v) is 3.46. The quantitative estimate of drug-likeness (QED) is 0.640. The van der Waals surface area contributed by atoms with Crippen LogP contribution in [-0.4, -0.2) is 16.9 Å². The number of carbonyl (C=O) groups is 1. The van der Waals surface area contributed by atoms with Crippen LogP contribution in [0.3, 0.4) is 0 Å². The van der Waals surface area contributed by atoms with Crippen LogP contribution in [0.15, 0.2) is 42.5 Å². The molecule has 0 aliphatic rings. The lowest BCUT2D eigenvalue weighted by molar-refractivity contribution is -0.384. The van der Waals surface area contributed by atoms with Crippen molar-refractivity contribution in [3.63, 3.8) is 0 Å². The van der Waals surface area contributed by atoms with Gasteiger partial charge in [-0.1, -0.05) is 29.3 Å². The fraction of sp³-hybridized carbons (Fsp3) is 0.133. The molecule has 0 spiro atoms. The molecule has 0 heterocycles. The summed E-state index contributed by atoms with van der Waals surface area (Å²) < 4.78 is 5.42. The molecule has 2 aromatic carbocycles. The molecule has 0 aromatic heterocycles. The maximum absolute atomic E-state index is 12.1. The molecule has 8 heteroatoms. The Morgan fingerprint density at radius 1 is 1.26 bits per heavy atom. The van der Waals surface area contributed by atoms with Crippen molar-refractivity contribution in [1.82, 2.24) is 0 Å². The topological polar surface area (TPSA) is 81.5 Å². The minimum Gasteiger partial charge on any atom is -0.481 e. The number of nitro benzene ring substituents is 1. The number of nitrogens with one attached hydrogen (secondary N) is 1. The van der Waals surface area contributed by atoms with Gasteiger partial charge in [0.2, 0.25) is 0 Å². The lowest BCUT2D eigenvalue weighted by Gasteiger charge is -2.15. The molecule has 0 unspecified atom stereocenters. The van der Waals surface area contributed by atoms with E-state index in [-0.39, 0.29) is 11.4 Å². The van der Waals surface area contributed by atoms with Gasteiger partial charge in [0.15, 0.2) is 6.10 Å². The van der Waals surface area contributed by atoms with Crippen molar-refractivity contribution in [2.45, 2.75) is 13.0 Å². The van der Waals surface area contributed by atoms with Crippen LogP contribution in [0, 0.1) is 10.1 Å². The van der Waals surface area contributed by atoms with Gasteiger partial charge in [-0.05, 0) is 31.2 Å². The fourth-order valence-corrected chi connectivity index (χ4v) is 2.09. The maximum Gasteiger partial charge on any atom is 0.273 e. The number of hydrogen-bond acceptors (Lipinski definition) is 4. The average molecular weight is 355 g/mol. The van der Waals surface area contributed by atoms with E-state index in [4.69, 9.17) is 27.9 Å². The van der Waals surface area contributed by atoms with Crippen LogP contribution in [0.1, 0.15) is 6.92 Å². The van der Waals surface area contributed by atoms with Crippen molar-refractivity contribution >= 4 is 40.5 Å². The highest BCUT2D eigenvalue weighted by Gasteiger charge is 2.17. The second-order valence-corrected chi connectivity index (χ2v) is 5.47. The molecule has 120 valence electrons. The largest absolute Gasteiger partial charge is 0.481 e. The normalized spacial score (nSPS) is 11.6. The van der Waals surface area contributed by atoms with Crippen molar-refractivity contribution in [2.75, 3.05) is 5.32 Å². The first-order valence-electron chi connectivity index (χ1n) is 6.54. The van der Waals surface area contributed by atoms with Gasteiger partial charge in [-0.15, -0.1) is 0 Å². The molecule has 0 saturated heterocycles. The van der Waals surface area contributed by atoms with E-state index in [9.17, 15) is 14.9 Å². The molecule has 0 radical (unpaired) electrons. The lowest BCUT2D eigenvalue weighted by Crippen LogP contribution is -2.30. The van der Waals surface area contributed by atoms with E-state index in [1.165, 1.54) is 37.3 Å². The van der Waals surface area contributed by atoms with Crippen LogP contribution in [-0.2, 0) is 4.79 Å². The van der Waals surface area contributed by atoms with Crippen molar-refractivity contribution in [3.05, 3.63) is 62.6 Å². The zero-order chi connectivity index (χ0) is 17.0. The SMILES string of the molecule is C[C@@H](Oc1cccc([N+](=O)[O-])c1)C(=O)Nc1cc(Cl)ccc1Cl. The highest BCUT2D eigenvalue weighted by Crippen LogP contribution is 2.26. The average Bonchev–Trinajstić information content (AvgIpc) is 2.51. The Morgan fingerprint density at radius 2 is 2.00 bits per heavy atom. The third kappa shape index (κ3) is 4.58. The van der Waals surface area contributed by atoms with E-state index < -0.39 is 16.9 Å². The van der Waals surface area contributed by atoms with Crippen molar-refractivity contribution in [2.24, 2.45) is 0 Å². The number of halogens is 2. The van der Waals surface area contributed by atoms with E-state index in [2.05, 4.69) is 5.32 Å². The summed E-state index contributed by atoms with van der Waals surface area (Å²) >= 11 is 11.8. The Labute approximate surface area is 142 Å². The van der Waals surface area contributed by atoms with Gasteiger partial charge in [-0.25, -0.2) is 0 Å². The summed E-state index contributed by atoms with van der Waals surface area (Å²) in [5.41, 5.74) is 0.242. The summed E-state index contributed by atoms with van der Waals surface area (Å²) in [7, 11) is 0. The van der Waals surface area contributed by atoms with Crippen LogP contribution in [0.25, 0.3) is 0 Å². The van der Waals surface area contributed by atoms with Crippen molar-refractivity contribution < 1.29 is 14.5 Å². The first-order valence-corrected chi connectivity index (χ1v) is 7.29. The third-order valence-electron chi connectivity index (χ3n) is 2.90. The van der Waals surface area contributed by atoms with Gasteiger partial charge < -0.3 is 10.1 Å². The Hall–Kier alpha value is -2.31. The van der Waals surface area contributed by atoms with E-state index in [0.717, 1.165) is 0 Å². The van der Waals surface area contributed by atoms with E-state index in [1.807, 2.05) is 0 Å². The first kappa shape index (κ1) is 17.1. The Kier molecular flexibility index (Phi) is 5.41. The number of carbonyl (C=O) groups excluding carboxylic acids is 1. The van der Waals surface area contributed by atoms with Crippen LogP contribution in [0.5, 0.6) is 5.75 Å². The van der Waals surface area contributed by atoms with Gasteiger partial charge in [0.05, 0.1) is 21.7 Å². The molecule has 0 bridgehead atoms. The molecule has 0 aliphatic carbocycles. The molecule has 2 aromatic rings. The molecule has 1 atom stereocenters. The summed E-state index contributed by atoms with van der Waals surface area (Å²) in [5, 5.41) is 14.1. The van der Waals surface area contributed by atoms with Gasteiger partial charge in [-0.2, -0.15) is 0 Å². The van der Waals surface area contributed by atoms with Crippen molar-refractivity contribution in [1.29, 1.82) is 0 Å². The zero-order valence-corrected chi connectivity index (χ0v) is 13.5. The van der Waals surface area contributed by atoms with Gasteiger partial charge in [0.1, 0.15) is 5.75 Å². The number of nitro groups is 1. The maximum atomic E-state index is 12.1. The molecular weight excluding hydrogens is 343 g/mol. The summed E-state index contributed by atoms with van der Waals surface area (Å²) in [6.07, 6.45) is -0.882. The number of anilines is 1. The Morgan fingerprint density at radius 3 is 2.70 bits per heavy atom. The monoisotopic (exact) mass is 354 g/mol. The number of non-ortho nitro benzene ring substituents is 1. The molecule has 0 saturated carbocycles. The highest BCUT2D eigenvalue weighted by atomic mass is 35.5. The highest BCUT2D eigenvalue weighted by molar-refractivity contribution is 6.35. The molecule has 6 nitrogen and oxygen atoms in total. The second-order valence-electron chi connectivity index (χ2n) is 4.63. The van der Waals surface area contributed by atoms with Crippen LogP contribution >= 0.6 is 23.2 Å². The number of nitrogens with zero attached hydrogens (tertiary/aromatic N) is 1. The fourth-order valence-electron chi connectivity index (χ4n) is 1.76. The molecule has 0 aliphatic heterocycles. The predicted molar refractivity (Wildman–Crippen MR) is 88.3 cm³/mol. The smallest absolute Gasteiger partial charge is 0.273 e. The number of benzene rings is 2. The van der Waals surface area contributed by atoms with Crippen LogP contribution in [0.4, 0.5) is 11.4 Å². The van der Waals surface area contributed by atoms with Crippen LogP contribution < -0.4 is 10.1 Å². The number of amides is 1. The zero-order valence-electron chi connectivity index (χ0n) is 12.0. The molecule has 1 N–H and O–H groups in total. The molecule has 2 rings (SSSR count). The van der Waals surface area contributed by atoms with Crippen molar-refractivity contribution in [3.8, 4) is 5.75 Å². The molecular formula is C15H12Cl2N2O4. The second kappa shape index (κ2) is 7.30. The van der Waals surface area contributed by atoms with Gasteiger partial charge in [0, 0.05) is 11.1 Å². The minimum atomic E-state index is -0.882. The van der Waals surface area contributed by atoms with Crippen LogP contribution in [0.2, 0.25) is 10.0 Å². The van der Waals surface area contributed by atoms with E-state index in [0.29, 0.717) is 15.7 Å². The molecule has 0 fully saturated rings. The summed E-state index contributed by atoms with van der Waals surface area (Å²) in [6, 6.07) is 10.3. The summed E-state index contributed by atoms with van der Waals surface area (Å²) in [4.78, 5) is 22.3. The Balaban J connectivity index is 2.07. The molecule has 1 amide bonds.